The van der Waals surface area contributed by atoms with Crippen LogP contribution < -0.4 is 14.8 Å². The van der Waals surface area contributed by atoms with E-state index in [2.05, 4.69) is 29.6 Å². The molecule has 1 saturated heterocycles. The molecule has 25 heavy (non-hydrogen) atoms. The Balaban J connectivity index is 1.56. The van der Waals surface area contributed by atoms with Crippen molar-refractivity contribution >= 4 is 0 Å². The molecule has 2 aromatic rings. The number of aromatic nitrogens is 2. The summed E-state index contributed by atoms with van der Waals surface area (Å²) in [4.78, 5) is 0. The lowest BCUT2D eigenvalue weighted by Crippen LogP contribution is -2.24. The molecule has 1 fully saturated rings. The fraction of sp³-hybridized carbons (Fsp3) is 0.526. The van der Waals surface area contributed by atoms with E-state index in [1.165, 1.54) is 11.1 Å². The monoisotopic (exact) mass is 345 g/mol. The minimum absolute atomic E-state index is 0.137. The van der Waals surface area contributed by atoms with Gasteiger partial charge in [0.1, 0.15) is 0 Å². The van der Waals surface area contributed by atoms with Gasteiger partial charge in [-0.05, 0) is 31.0 Å². The Kier molecular flexibility index (Phi) is 5.94. The minimum Gasteiger partial charge on any atom is -0.493 e. The lowest BCUT2D eigenvalue weighted by Gasteiger charge is -2.18. The quantitative estimate of drug-likeness (QED) is 0.797. The second-order valence-electron chi connectivity index (χ2n) is 6.29. The molecular formula is C19H27N3O3. The van der Waals surface area contributed by atoms with Crippen LogP contribution in [0.25, 0.3) is 0 Å². The van der Waals surface area contributed by atoms with E-state index in [9.17, 15) is 0 Å². The summed E-state index contributed by atoms with van der Waals surface area (Å²) in [6.07, 6.45) is 5.23. The van der Waals surface area contributed by atoms with Crippen LogP contribution in [0.15, 0.2) is 30.6 Å². The van der Waals surface area contributed by atoms with Gasteiger partial charge < -0.3 is 19.5 Å². The molecule has 6 nitrogen and oxygen atoms in total. The van der Waals surface area contributed by atoms with Crippen molar-refractivity contribution in [3.63, 3.8) is 0 Å². The zero-order valence-electron chi connectivity index (χ0n) is 15.2. The lowest BCUT2D eigenvalue weighted by atomic mass is 9.97. The van der Waals surface area contributed by atoms with Gasteiger partial charge in [0.2, 0.25) is 0 Å². The van der Waals surface area contributed by atoms with Gasteiger partial charge in [-0.15, -0.1) is 0 Å². The number of aryl methyl sites for hydroxylation is 1. The van der Waals surface area contributed by atoms with Crippen LogP contribution in [-0.4, -0.2) is 37.2 Å². The Morgan fingerprint density at radius 3 is 2.84 bits per heavy atom. The van der Waals surface area contributed by atoms with Crippen molar-refractivity contribution in [3.05, 3.63) is 41.7 Å². The highest BCUT2D eigenvalue weighted by Crippen LogP contribution is 2.34. The maximum absolute atomic E-state index is 5.95. The third-order valence-corrected chi connectivity index (χ3v) is 4.70. The maximum Gasteiger partial charge on any atom is 0.161 e. The molecule has 0 bridgehead atoms. The van der Waals surface area contributed by atoms with Crippen molar-refractivity contribution in [1.29, 1.82) is 0 Å². The van der Waals surface area contributed by atoms with Gasteiger partial charge in [-0.25, -0.2) is 0 Å². The Morgan fingerprint density at radius 2 is 2.12 bits per heavy atom. The molecule has 0 unspecified atom stereocenters. The normalized spacial score (nSPS) is 20.0. The molecule has 1 aromatic heterocycles. The van der Waals surface area contributed by atoms with Crippen LogP contribution in [0, 0.1) is 5.92 Å². The predicted molar refractivity (Wildman–Crippen MR) is 96.0 cm³/mol. The Bertz CT molecular complexity index is 686. The summed E-state index contributed by atoms with van der Waals surface area (Å²) < 4.78 is 18.5. The van der Waals surface area contributed by atoms with Crippen LogP contribution in [-0.2, 0) is 17.8 Å². The number of hydrogen-bond acceptors (Lipinski definition) is 5. The van der Waals surface area contributed by atoms with Crippen molar-refractivity contribution in [2.24, 2.45) is 5.92 Å². The first-order valence-electron chi connectivity index (χ1n) is 8.80. The summed E-state index contributed by atoms with van der Waals surface area (Å²) in [6.45, 7) is 5.49. The fourth-order valence-corrected chi connectivity index (χ4v) is 3.30. The Labute approximate surface area is 149 Å². The SMILES string of the molecule is CCn1cc([C@@H]2OCC[C@@H]2CNCc2ccc(OC)c(OC)c2)cn1. The number of nitrogens with one attached hydrogen (secondary N) is 1. The van der Waals surface area contributed by atoms with Crippen LogP contribution in [0.3, 0.4) is 0 Å². The summed E-state index contributed by atoms with van der Waals surface area (Å²) in [5.74, 6) is 1.98. The number of methoxy groups -OCH3 is 2. The van der Waals surface area contributed by atoms with Crippen molar-refractivity contribution < 1.29 is 14.2 Å². The number of benzene rings is 1. The average Bonchev–Trinajstić information content (AvgIpc) is 3.30. The second-order valence-corrected chi connectivity index (χ2v) is 6.29. The van der Waals surface area contributed by atoms with E-state index in [1.807, 2.05) is 23.0 Å². The molecule has 0 amide bonds. The molecule has 2 heterocycles. The molecule has 1 aliphatic rings. The first-order valence-corrected chi connectivity index (χ1v) is 8.80. The molecule has 0 saturated carbocycles. The van der Waals surface area contributed by atoms with Crippen molar-refractivity contribution in [2.45, 2.75) is 32.5 Å². The third kappa shape index (κ3) is 4.14. The highest BCUT2D eigenvalue weighted by atomic mass is 16.5. The molecule has 1 aromatic carbocycles. The van der Waals surface area contributed by atoms with Gasteiger partial charge in [-0.1, -0.05) is 6.07 Å². The molecule has 2 atom stereocenters. The molecule has 0 radical (unpaired) electrons. The van der Waals surface area contributed by atoms with E-state index in [0.29, 0.717) is 5.92 Å². The zero-order valence-corrected chi connectivity index (χ0v) is 15.2. The zero-order chi connectivity index (χ0) is 17.6. The first kappa shape index (κ1) is 17.8. The molecule has 1 aliphatic heterocycles. The molecule has 0 aliphatic carbocycles. The van der Waals surface area contributed by atoms with Crippen LogP contribution >= 0.6 is 0 Å². The van der Waals surface area contributed by atoms with Gasteiger partial charge >= 0.3 is 0 Å². The first-order chi connectivity index (χ1) is 12.2. The summed E-state index contributed by atoms with van der Waals surface area (Å²) >= 11 is 0. The van der Waals surface area contributed by atoms with Crippen molar-refractivity contribution in [3.8, 4) is 11.5 Å². The molecule has 136 valence electrons. The van der Waals surface area contributed by atoms with Crippen LogP contribution in [0.1, 0.15) is 30.6 Å². The highest BCUT2D eigenvalue weighted by Gasteiger charge is 2.30. The molecule has 0 spiro atoms. The predicted octanol–water partition coefficient (Wildman–Crippen LogP) is 2.79. The van der Waals surface area contributed by atoms with Crippen LogP contribution in [0.4, 0.5) is 0 Å². The van der Waals surface area contributed by atoms with Gasteiger partial charge in [0, 0.05) is 43.9 Å². The fourth-order valence-electron chi connectivity index (χ4n) is 3.30. The standard InChI is InChI=1S/C19H27N3O3/c1-4-22-13-16(12-21-22)19-15(7-8-25-19)11-20-10-14-5-6-17(23-2)18(9-14)24-3/h5-6,9,12-13,15,19-20H,4,7-8,10-11H2,1-3H3/t15-,19-/m1/s1. The minimum atomic E-state index is 0.137. The Hall–Kier alpha value is -2.05. The summed E-state index contributed by atoms with van der Waals surface area (Å²) in [5.41, 5.74) is 2.35. The molecule has 6 heteroatoms. The van der Waals surface area contributed by atoms with E-state index in [-0.39, 0.29) is 6.10 Å². The van der Waals surface area contributed by atoms with Crippen molar-refractivity contribution in [2.75, 3.05) is 27.4 Å². The Morgan fingerprint density at radius 1 is 1.28 bits per heavy atom. The molecule has 1 N–H and O–H groups in total. The number of ether oxygens (including phenoxy) is 3. The van der Waals surface area contributed by atoms with Gasteiger partial charge in [-0.3, -0.25) is 4.68 Å². The van der Waals surface area contributed by atoms with Crippen molar-refractivity contribution in [1.82, 2.24) is 15.1 Å². The van der Waals surface area contributed by atoms with Crippen LogP contribution in [0.5, 0.6) is 11.5 Å². The summed E-state index contributed by atoms with van der Waals surface area (Å²) in [5, 5.41) is 7.92. The third-order valence-electron chi connectivity index (χ3n) is 4.70. The number of rotatable bonds is 8. The highest BCUT2D eigenvalue weighted by molar-refractivity contribution is 5.42. The van der Waals surface area contributed by atoms with E-state index < -0.39 is 0 Å². The van der Waals surface area contributed by atoms with E-state index in [0.717, 1.165) is 44.2 Å². The topological polar surface area (TPSA) is 57.5 Å². The maximum atomic E-state index is 5.95. The summed E-state index contributed by atoms with van der Waals surface area (Å²) in [6, 6.07) is 6.01. The second kappa shape index (κ2) is 8.36. The summed E-state index contributed by atoms with van der Waals surface area (Å²) in [7, 11) is 3.31. The van der Waals surface area contributed by atoms with Gasteiger partial charge in [0.25, 0.3) is 0 Å². The van der Waals surface area contributed by atoms with Gasteiger partial charge in [0.05, 0.1) is 26.5 Å². The number of hydrogen-bond donors (Lipinski definition) is 1. The molecule has 3 rings (SSSR count). The van der Waals surface area contributed by atoms with Gasteiger partial charge in [0.15, 0.2) is 11.5 Å². The van der Waals surface area contributed by atoms with Gasteiger partial charge in [-0.2, -0.15) is 5.10 Å². The largest absolute Gasteiger partial charge is 0.493 e. The lowest BCUT2D eigenvalue weighted by molar-refractivity contribution is 0.0904. The van der Waals surface area contributed by atoms with E-state index >= 15 is 0 Å². The smallest absolute Gasteiger partial charge is 0.161 e. The average molecular weight is 345 g/mol. The van der Waals surface area contributed by atoms with Crippen LogP contribution in [0.2, 0.25) is 0 Å². The van der Waals surface area contributed by atoms with E-state index in [4.69, 9.17) is 14.2 Å². The number of nitrogens with zero attached hydrogens (tertiary/aromatic N) is 2. The molecular weight excluding hydrogens is 318 g/mol. The van der Waals surface area contributed by atoms with E-state index in [1.54, 1.807) is 14.2 Å².